The van der Waals surface area contributed by atoms with E-state index in [1.165, 1.54) is 19.3 Å². The second-order valence-electron chi connectivity index (χ2n) is 4.50. The zero-order valence-electron chi connectivity index (χ0n) is 9.70. The number of nitrogens with zero attached hydrogens (tertiary/aromatic N) is 1. The quantitative estimate of drug-likeness (QED) is 0.828. The molecular formula is C13H18N2O. The minimum Gasteiger partial charge on any atom is -0.349 e. The molecule has 1 saturated carbocycles. The highest BCUT2D eigenvalue weighted by molar-refractivity contribution is 5.95. The van der Waals surface area contributed by atoms with Gasteiger partial charge in [-0.25, -0.2) is 0 Å². The van der Waals surface area contributed by atoms with Crippen LogP contribution in [0.1, 0.15) is 48.0 Å². The zero-order valence-corrected chi connectivity index (χ0v) is 9.70. The summed E-state index contributed by atoms with van der Waals surface area (Å²) in [6.45, 7) is 1.92. The van der Waals surface area contributed by atoms with Crippen LogP contribution in [0.4, 0.5) is 0 Å². The smallest absolute Gasteiger partial charge is 0.251 e. The SMILES string of the molecule is Cc1cnccc1C(=O)NC1CCCCC1. The Hall–Kier alpha value is -1.38. The van der Waals surface area contributed by atoms with Gasteiger partial charge in [-0.15, -0.1) is 0 Å². The number of aromatic nitrogens is 1. The van der Waals surface area contributed by atoms with Crippen molar-refractivity contribution in [2.75, 3.05) is 0 Å². The summed E-state index contributed by atoms with van der Waals surface area (Å²) in [6.07, 6.45) is 9.42. The Morgan fingerprint density at radius 3 is 2.81 bits per heavy atom. The average molecular weight is 218 g/mol. The van der Waals surface area contributed by atoms with Gasteiger partial charge in [0.1, 0.15) is 0 Å². The molecule has 0 atom stereocenters. The standard InChI is InChI=1S/C13H18N2O/c1-10-9-14-8-7-12(10)13(16)15-11-5-3-2-4-6-11/h7-9,11H,2-6H2,1H3,(H,15,16). The first-order chi connectivity index (χ1) is 7.77. The van der Waals surface area contributed by atoms with Crippen LogP contribution in [0.5, 0.6) is 0 Å². The largest absolute Gasteiger partial charge is 0.349 e. The Kier molecular flexibility index (Phi) is 3.54. The second kappa shape index (κ2) is 5.10. The van der Waals surface area contributed by atoms with Gasteiger partial charge in [0.15, 0.2) is 0 Å². The van der Waals surface area contributed by atoms with Crippen LogP contribution in [-0.4, -0.2) is 16.9 Å². The fourth-order valence-electron chi connectivity index (χ4n) is 2.24. The van der Waals surface area contributed by atoms with Crippen molar-refractivity contribution in [2.24, 2.45) is 0 Å². The predicted molar refractivity (Wildman–Crippen MR) is 63.3 cm³/mol. The van der Waals surface area contributed by atoms with E-state index in [-0.39, 0.29) is 5.91 Å². The van der Waals surface area contributed by atoms with Gasteiger partial charge in [0.05, 0.1) is 0 Å². The highest BCUT2D eigenvalue weighted by Crippen LogP contribution is 2.18. The van der Waals surface area contributed by atoms with E-state index >= 15 is 0 Å². The van der Waals surface area contributed by atoms with Crippen LogP contribution in [0.25, 0.3) is 0 Å². The van der Waals surface area contributed by atoms with Gasteiger partial charge in [0, 0.05) is 24.0 Å². The van der Waals surface area contributed by atoms with Crippen molar-refractivity contribution in [3.8, 4) is 0 Å². The number of carbonyl (C=O) groups is 1. The van der Waals surface area contributed by atoms with Crippen molar-refractivity contribution in [1.82, 2.24) is 10.3 Å². The van der Waals surface area contributed by atoms with E-state index in [2.05, 4.69) is 10.3 Å². The molecule has 0 saturated heterocycles. The first-order valence-corrected chi connectivity index (χ1v) is 5.99. The van der Waals surface area contributed by atoms with Gasteiger partial charge in [0.25, 0.3) is 5.91 Å². The summed E-state index contributed by atoms with van der Waals surface area (Å²) in [7, 11) is 0. The molecule has 3 heteroatoms. The topological polar surface area (TPSA) is 42.0 Å². The van der Waals surface area contributed by atoms with Crippen LogP contribution in [0, 0.1) is 6.92 Å². The maximum absolute atomic E-state index is 12.0. The number of amides is 1. The van der Waals surface area contributed by atoms with Crippen LogP contribution in [0.2, 0.25) is 0 Å². The molecule has 0 bridgehead atoms. The second-order valence-corrected chi connectivity index (χ2v) is 4.50. The third-order valence-corrected chi connectivity index (χ3v) is 3.21. The van der Waals surface area contributed by atoms with Gasteiger partial charge in [-0.3, -0.25) is 9.78 Å². The van der Waals surface area contributed by atoms with E-state index in [4.69, 9.17) is 0 Å². The van der Waals surface area contributed by atoms with Crippen molar-refractivity contribution in [2.45, 2.75) is 45.1 Å². The molecule has 16 heavy (non-hydrogen) atoms. The van der Waals surface area contributed by atoms with Crippen LogP contribution in [0.15, 0.2) is 18.5 Å². The van der Waals surface area contributed by atoms with Crippen molar-refractivity contribution in [1.29, 1.82) is 0 Å². The van der Waals surface area contributed by atoms with Gasteiger partial charge < -0.3 is 5.32 Å². The molecular weight excluding hydrogens is 200 g/mol. The minimum atomic E-state index is 0.0480. The van der Waals surface area contributed by atoms with E-state index in [1.807, 2.05) is 6.92 Å². The summed E-state index contributed by atoms with van der Waals surface area (Å²) in [5, 5.41) is 3.11. The average Bonchev–Trinajstić information content (AvgIpc) is 2.31. The summed E-state index contributed by atoms with van der Waals surface area (Å²) < 4.78 is 0. The van der Waals surface area contributed by atoms with Crippen molar-refractivity contribution < 1.29 is 4.79 Å². The van der Waals surface area contributed by atoms with E-state index < -0.39 is 0 Å². The van der Waals surface area contributed by atoms with Gasteiger partial charge in [-0.1, -0.05) is 19.3 Å². The lowest BCUT2D eigenvalue weighted by Crippen LogP contribution is -2.36. The van der Waals surface area contributed by atoms with Crippen molar-refractivity contribution >= 4 is 5.91 Å². The third kappa shape index (κ3) is 2.60. The molecule has 0 spiro atoms. The minimum absolute atomic E-state index is 0.0480. The third-order valence-electron chi connectivity index (χ3n) is 3.21. The molecule has 1 fully saturated rings. The first-order valence-electron chi connectivity index (χ1n) is 5.99. The van der Waals surface area contributed by atoms with Crippen LogP contribution < -0.4 is 5.32 Å². The molecule has 1 N–H and O–H groups in total. The molecule has 1 aromatic heterocycles. The normalized spacial score (nSPS) is 17.1. The van der Waals surface area contributed by atoms with Gasteiger partial charge in [-0.05, 0) is 31.4 Å². The Morgan fingerprint density at radius 2 is 2.12 bits per heavy atom. The van der Waals surface area contributed by atoms with Crippen molar-refractivity contribution in [3.63, 3.8) is 0 Å². The van der Waals surface area contributed by atoms with Gasteiger partial charge in [0.2, 0.25) is 0 Å². The summed E-state index contributed by atoms with van der Waals surface area (Å²) in [5.41, 5.74) is 1.69. The van der Waals surface area contributed by atoms with Crippen LogP contribution in [0.3, 0.4) is 0 Å². The molecule has 2 rings (SSSR count). The Morgan fingerprint density at radius 1 is 1.38 bits per heavy atom. The number of rotatable bonds is 2. The predicted octanol–water partition coefficient (Wildman–Crippen LogP) is 2.45. The molecule has 1 aliphatic rings. The highest BCUT2D eigenvalue weighted by atomic mass is 16.1. The number of hydrogen-bond acceptors (Lipinski definition) is 2. The zero-order chi connectivity index (χ0) is 11.4. The summed E-state index contributed by atoms with van der Waals surface area (Å²) >= 11 is 0. The maximum Gasteiger partial charge on any atom is 0.251 e. The lowest BCUT2D eigenvalue weighted by molar-refractivity contribution is 0.0927. The summed E-state index contributed by atoms with van der Waals surface area (Å²) in [5.74, 6) is 0.0480. The number of carbonyl (C=O) groups excluding carboxylic acids is 1. The molecule has 1 aliphatic carbocycles. The molecule has 3 nitrogen and oxygen atoms in total. The molecule has 1 amide bonds. The summed E-state index contributed by atoms with van der Waals surface area (Å²) in [6, 6.07) is 2.15. The Balaban J connectivity index is 2.00. The van der Waals surface area contributed by atoms with E-state index in [0.717, 1.165) is 24.0 Å². The fourth-order valence-corrected chi connectivity index (χ4v) is 2.24. The van der Waals surface area contributed by atoms with Crippen molar-refractivity contribution in [3.05, 3.63) is 29.6 Å². The number of pyridine rings is 1. The molecule has 1 aromatic rings. The molecule has 86 valence electrons. The van der Waals surface area contributed by atoms with E-state index in [1.54, 1.807) is 18.5 Å². The van der Waals surface area contributed by atoms with Gasteiger partial charge >= 0.3 is 0 Å². The molecule has 0 radical (unpaired) electrons. The molecule has 0 aromatic carbocycles. The lowest BCUT2D eigenvalue weighted by Gasteiger charge is -2.23. The molecule has 1 heterocycles. The number of aryl methyl sites for hydroxylation is 1. The monoisotopic (exact) mass is 218 g/mol. The highest BCUT2D eigenvalue weighted by Gasteiger charge is 2.17. The fraction of sp³-hybridized carbons (Fsp3) is 0.538. The first kappa shape index (κ1) is 11.1. The lowest BCUT2D eigenvalue weighted by atomic mass is 9.95. The van der Waals surface area contributed by atoms with E-state index in [0.29, 0.717) is 6.04 Å². The van der Waals surface area contributed by atoms with E-state index in [9.17, 15) is 4.79 Å². The molecule has 0 unspecified atom stereocenters. The number of hydrogen-bond donors (Lipinski definition) is 1. The Bertz CT molecular complexity index is 370. The van der Waals surface area contributed by atoms with Gasteiger partial charge in [-0.2, -0.15) is 0 Å². The van der Waals surface area contributed by atoms with Crippen LogP contribution >= 0.6 is 0 Å². The Labute approximate surface area is 96.3 Å². The number of nitrogens with one attached hydrogen (secondary N) is 1. The maximum atomic E-state index is 12.0. The van der Waals surface area contributed by atoms with Crippen LogP contribution in [-0.2, 0) is 0 Å². The summed E-state index contributed by atoms with van der Waals surface area (Å²) in [4.78, 5) is 16.0. The molecule has 0 aliphatic heterocycles.